The molecule has 2 bridgehead atoms. The Labute approximate surface area is 176 Å². The van der Waals surface area contributed by atoms with Gasteiger partial charge in [-0.3, -0.25) is 9.59 Å². The number of fused-ring (bicyclic) bond motifs is 2. The quantitative estimate of drug-likeness (QED) is 0.618. The third kappa shape index (κ3) is 3.68. The van der Waals surface area contributed by atoms with Gasteiger partial charge in [0.15, 0.2) is 5.65 Å². The molecule has 3 aromatic rings. The van der Waals surface area contributed by atoms with Gasteiger partial charge >= 0.3 is 0 Å². The van der Waals surface area contributed by atoms with Crippen LogP contribution in [0, 0.1) is 5.82 Å². The van der Waals surface area contributed by atoms with Crippen LogP contribution in [-0.4, -0.2) is 50.9 Å². The molecule has 156 valence electrons. The van der Waals surface area contributed by atoms with Crippen molar-refractivity contribution in [3.8, 4) is 11.6 Å². The Morgan fingerprint density at radius 2 is 2.17 bits per heavy atom. The van der Waals surface area contributed by atoms with Gasteiger partial charge in [-0.15, -0.1) is 0 Å². The maximum Gasteiger partial charge on any atom is 0.259 e. The maximum atomic E-state index is 14.1. The fraction of sp³-hybridized carbons (Fsp3) is 0.300. The van der Waals surface area contributed by atoms with Gasteiger partial charge in [-0.1, -0.05) is 11.6 Å². The Hall–Kier alpha value is -3.20. The van der Waals surface area contributed by atoms with Crippen LogP contribution in [0.5, 0.6) is 11.6 Å². The van der Waals surface area contributed by atoms with E-state index in [0.717, 1.165) is 0 Å². The van der Waals surface area contributed by atoms with Crippen LogP contribution < -0.4 is 9.47 Å². The zero-order chi connectivity index (χ0) is 21.4. The van der Waals surface area contributed by atoms with E-state index in [0.29, 0.717) is 11.3 Å². The van der Waals surface area contributed by atoms with Crippen LogP contribution in [0.15, 0.2) is 30.6 Å². The summed E-state index contributed by atoms with van der Waals surface area (Å²) in [7, 11) is 0. The molecule has 0 unspecified atom stereocenters. The van der Waals surface area contributed by atoms with E-state index in [1.165, 1.54) is 34.7 Å². The first-order valence-electron chi connectivity index (χ1n) is 9.25. The second-order valence-corrected chi connectivity index (χ2v) is 7.28. The Kier molecular flexibility index (Phi) is 5.29. The SMILES string of the molecule is CC(=O)CN1CCOc2ccc(F)c(Cl)c2[C@@H](C)Oc2ccn3ncc(c3n2)C1=O. The highest BCUT2D eigenvalue weighted by molar-refractivity contribution is 6.31. The topological polar surface area (TPSA) is 86.0 Å². The third-order valence-electron chi connectivity index (χ3n) is 4.69. The number of halogens is 2. The summed E-state index contributed by atoms with van der Waals surface area (Å²) in [5.41, 5.74) is 0.843. The number of hydrogen-bond acceptors (Lipinski definition) is 6. The molecule has 3 heterocycles. The van der Waals surface area contributed by atoms with Gasteiger partial charge < -0.3 is 14.4 Å². The first-order valence-corrected chi connectivity index (χ1v) is 9.63. The summed E-state index contributed by atoms with van der Waals surface area (Å²) < 4.78 is 27.2. The molecule has 4 rings (SSSR count). The highest BCUT2D eigenvalue weighted by Crippen LogP contribution is 2.36. The monoisotopic (exact) mass is 432 g/mol. The second kappa shape index (κ2) is 7.91. The Morgan fingerprint density at radius 3 is 2.93 bits per heavy atom. The lowest BCUT2D eigenvalue weighted by Crippen LogP contribution is -2.38. The van der Waals surface area contributed by atoms with E-state index in [2.05, 4.69) is 10.1 Å². The van der Waals surface area contributed by atoms with E-state index in [1.54, 1.807) is 19.2 Å². The summed E-state index contributed by atoms with van der Waals surface area (Å²) in [4.78, 5) is 30.6. The summed E-state index contributed by atoms with van der Waals surface area (Å²) in [6, 6.07) is 4.23. The number of amides is 1. The molecule has 1 aliphatic rings. The lowest BCUT2D eigenvalue weighted by molar-refractivity contribution is -0.117. The van der Waals surface area contributed by atoms with Crippen molar-refractivity contribution >= 4 is 28.9 Å². The summed E-state index contributed by atoms with van der Waals surface area (Å²) in [6.07, 6.45) is 2.31. The first kappa shape index (κ1) is 20.1. The molecule has 2 aromatic heterocycles. The minimum Gasteiger partial charge on any atom is -0.491 e. The Balaban J connectivity index is 1.84. The van der Waals surface area contributed by atoms with Crippen molar-refractivity contribution in [2.24, 2.45) is 0 Å². The van der Waals surface area contributed by atoms with Gasteiger partial charge in [-0.05, 0) is 26.0 Å². The zero-order valence-corrected chi connectivity index (χ0v) is 17.0. The molecule has 0 radical (unpaired) electrons. The van der Waals surface area contributed by atoms with E-state index in [1.807, 2.05) is 0 Å². The van der Waals surface area contributed by atoms with E-state index in [9.17, 15) is 14.0 Å². The predicted octanol–water partition coefficient (Wildman–Crippen LogP) is 3.09. The number of rotatable bonds is 2. The van der Waals surface area contributed by atoms with Crippen LogP contribution in [0.3, 0.4) is 0 Å². The van der Waals surface area contributed by atoms with Gasteiger partial charge in [0.05, 0.1) is 29.9 Å². The lowest BCUT2D eigenvalue weighted by atomic mass is 10.1. The number of carbonyl (C=O) groups excluding carboxylic acids is 2. The molecule has 0 fully saturated rings. The van der Waals surface area contributed by atoms with Gasteiger partial charge in [0.2, 0.25) is 5.88 Å². The summed E-state index contributed by atoms with van der Waals surface area (Å²) in [5, 5.41) is 4.03. The molecule has 8 nitrogen and oxygen atoms in total. The van der Waals surface area contributed by atoms with Gasteiger partial charge in [0, 0.05) is 12.3 Å². The lowest BCUT2D eigenvalue weighted by Gasteiger charge is -2.22. The molecule has 10 heteroatoms. The fourth-order valence-electron chi connectivity index (χ4n) is 3.32. The molecule has 1 aliphatic heterocycles. The van der Waals surface area contributed by atoms with Crippen molar-refractivity contribution in [1.29, 1.82) is 0 Å². The van der Waals surface area contributed by atoms with E-state index in [4.69, 9.17) is 21.1 Å². The van der Waals surface area contributed by atoms with E-state index < -0.39 is 17.8 Å². The molecule has 0 aliphatic carbocycles. The van der Waals surface area contributed by atoms with Gasteiger partial charge in [-0.2, -0.15) is 10.1 Å². The highest BCUT2D eigenvalue weighted by Gasteiger charge is 2.25. The molecule has 0 saturated carbocycles. The average molecular weight is 433 g/mol. The molecular formula is C20H18ClFN4O4. The molecule has 0 saturated heterocycles. The smallest absolute Gasteiger partial charge is 0.259 e. The van der Waals surface area contributed by atoms with Crippen LogP contribution in [0.1, 0.15) is 35.9 Å². The minimum absolute atomic E-state index is 0.0656. The van der Waals surface area contributed by atoms with Crippen LogP contribution in [0.4, 0.5) is 4.39 Å². The van der Waals surface area contributed by atoms with Crippen molar-refractivity contribution in [1.82, 2.24) is 19.5 Å². The number of aromatic nitrogens is 3. The van der Waals surface area contributed by atoms with Crippen LogP contribution in [0.2, 0.25) is 5.02 Å². The fourth-order valence-corrected chi connectivity index (χ4v) is 3.63. The molecular weight excluding hydrogens is 415 g/mol. The van der Waals surface area contributed by atoms with Crippen molar-refractivity contribution < 1.29 is 23.5 Å². The standard InChI is InChI=1S/C20H18ClFN4O4/c1-11(27)10-25-7-8-29-15-4-3-14(22)18(21)17(15)12(2)30-16-5-6-26-19(24-16)13(9-23-26)20(25)28/h3-6,9,12H,7-8,10H2,1-2H3/t12-/m1/s1. The maximum absolute atomic E-state index is 14.1. The van der Waals surface area contributed by atoms with Crippen molar-refractivity contribution in [2.75, 3.05) is 19.7 Å². The largest absolute Gasteiger partial charge is 0.491 e. The molecule has 1 atom stereocenters. The van der Waals surface area contributed by atoms with Crippen molar-refractivity contribution in [2.45, 2.75) is 20.0 Å². The average Bonchev–Trinajstić information content (AvgIpc) is 3.11. The van der Waals surface area contributed by atoms with Gasteiger partial charge in [0.25, 0.3) is 5.91 Å². The summed E-state index contributed by atoms with van der Waals surface area (Å²) in [5.74, 6) is -0.660. The number of carbonyl (C=O) groups is 2. The molecule has 30 heavy (non-hydrogen) atoms. The zero-order valence-electron chi connectivity index (χ0n) is 16.3. The van der Waals surface area contributed by atoms with E-state index in [-0.39, 0.29) is 47.6 Å². The highest BCUT2D eigenvalue weighted by atomic mass is 35.5. The van der Waals surface area contributed by atoms with Crippen LogP contribution in [0.25, 0.3) is 5.65 Å². The Morgan fingerprint density at radius 1 is 1.37 bits per heavy atom. The van der Waals surface area contributed by atoms with Gasteiger partial charge in [-0.25, -0.2) is 8.91 Å². The predicted molar refractivity (Wildman–Crippen MR) is 106 cm³/mol. The molecule has 0 spiro atoms. The third-order valence-corrected chi connectivity index (χ3v) is 5.07. The normalized spacial score (nSPS) is 16.9. The van der Waals surface area contributed by atoms with Gasteiger partial charge in [0.1, 0.15) is 35.6 Å². The van der Waals surface area contributed by atoms with Crippen molar-refractivity contribution in [3.05, 3.63) is 52.6 Å². The molecule has 1 amide bonds. The summed E-state index contributed by atoms with van der Waals surface area (Å²) in [6.45, 7) is 3.19. The number of Topliss-reactive ketones (excluding diaryl/α,β-unsaturated/α-hetero) is 1. The molecule has 1 aromatic carbocycles. The van der Waals surface area contributed by atoms with Crippen molar-refractivity contribution in [3.63, 3.8) is 0 Å². The number of ether oxygens (including phenoxy) is 2. The number of ketones is 1. The van der Waals surface area contributed by atoms with Crippen LogP contribution in [-0.2, 0) is 4.79 Å². The number of hydrogen-bond donors (Lipinski definition) is 0. The Bertz CT molecular complexity index is 1150. The second-order valence-electron chi connectivity index (χ2n) is 6.90. The number of nitrogens with zero attached hydrogens (tertiary/aromatic N) is 4. The summed E-state index contributed by atoms with van der Waals surface area (Å²) >= 11 is 6.20. The first-order chi connectivity index (χ1) is 14.3. The minimum atomic E-state index is -0.686. The van der Waals surface area contributed by atoms with Crippen LogP contribution >= 0.6 is 11.6 Å². The van der Waals surface area contributed by atoms with E-state index >= 15 is 0 Å². The molecule has 0 N–H and O–H groups in total. The number of benzene rings is 1.